The van der Waals surface area contributed by atoms with Crippen LogP contribution in [0.1, 0.15) is 15.9 Å². The summed E-state index contributed by atoms with van der Waals surface area (Å²) >= 11 is 0. The van der Waals surface area contributed by atoms with E-state index in [9.17, 15) is 9.90 Å². The van der Waals surface area contributed by atoms with E-state index >= 15 is 0 Å². The van der Waals surface area contributed by atoms with Crippen molar-refractivity contribution < 1.29 is 14.6 Å². The second-order valence-electron chi connectivity index (χ2n) is 2.31. The lowest BCUT2D eigenvalue weighted by atomic mass is 10.1. The highest BCUT2D eigenvalue weighted by molar-refractivity contribution is 5.93. The third-order valence-corrected chi connectivity index (χ3v) is 1.56. The van der Waals surface area contributed by atoms with Gasteiger partial charge in [-0.1, -0.05) is 6.07 Å². The van der Waals surface area contributed by atoms with Crippen molar-refractivity contribution in [2.45, 2.75) is 0 Å². The Kier molecular flexibility index (Phi) is 2.50. The number of ether oxygens (including phenoxy) is 1. The minimum atomic E-state index is -0.658. The zero-order valence-electron chi connectivity index (χ0n) is 6.94. The maximum absolute atomic E-state index is 11.0. The van der Waals surface area contributed by atoms with E-state index in [1.807, 2.05) is 0 Å². The van der Waals surface area contributed by atoms with Gasteiger partial charge in [0.2, 0.25) is 0 Å². The molecule has 1 rings (SSSR count). The molecule has 13 heavy (non-hydrogen) atoms. The predicted molar refractivity (Wildman–Crippen MR) is 44.2 cm³/mol. The van der Waals surface area contributed by atoms with Gasteiger partial charge in [-0.15, -0.1) is 0 Å². The first-order valence-corrected chi connectivity index (χ1v) is 3.51. The molecule has 1 aromatic carbocycles. The number of rotatable bonds is 1. The van der Waals surface area contributed by atoms with Crippen LogP contribution >= 0.6 is 0 Å². The number of hydrogen-bond acceptors (Lipinski definition) is 4. The number of carbonyl (C=O) groups excluding carboxylic acids is 1. The van der Waals surface area contributed by atoms with Crippen molar-refractivity contribution in [2.75, 3.05) is 7.11 Å². The van der Waals surface area contributed by atoms with Gasteiger partial charge in [-0.3, -0.25) is 0 Å². The standard InChI is InChI=1S/C9H7NO3/c1-13-9(12)7-4-2-3-6(5-10)8(7)11/h2-4,11H,1H3. The number of methoxy groups -OCH3 is 1. The molecule has 0 atom stereocenters. The second kappa shape index (κ2) is 3.59. The Morgan fingerprint density at radius 1 is 1.62 bits per heavy atom. The van der Waals surface area contributed by atoms with Gasteiger partial charge < -0.3 is 9.84 Å². The molecule has 0 bridgehead atoms. The monoisotopic (exact) mass is 177 g/mol. The van der Waals surface area contributed by atoms with Gasteiger partial charge >= 0.3 is 5.97 Å². The molecule has 0 radical (unpaired) electrons. The molecule has 4 heteroatoms. The fourth-order valence-electron chi connectivity index (χ4n) is 0.908. The number of hydrogen-bond donors (Lipinski definition) is 1. The number of aromatic hydroxyl groups is 1. The van der Waals surface area contributed by atoms with Gasteiger partial charge in [0.25, 0.3) is 0 Å². The minimum Gasteiger partial charge on any atom is -0.506 e. The number of phenolic OH excluding ortho intramolecular Hbond substituents is 1. The maximum atomic E-state index is 11.0. The van der Waals surface area contributed by atoms with Crippen molar-refractivity contribution in [1.29, 1.82) is 5.26 Å². The quantitative estimate of drug-likeness (QED) is 0.651. The van der Waals surface area contributed by atoms with Crippen LogP contribution in [0.25, 0.3) is 0 Å². The highest BCUT2D eigenvalue weighted by Crippen LogP contribution is 2.21. The van der Waals surface area contributed by atoms with Crippen molar-refractivity contribution in [1.82, 2.24) is 0 Å². The van der Waals surface area contributed by atoms with Crippen LogP contribution in [-0.2, 0) is 4.74 Å². The zero-order valence-corrected chi connectivity index (χ0v) is 6.94. The Hall–Kier alpha value is -2.02. The predicted octanol–water partition coefficient (Wildman–Crippen LogP) is 1.05. The van der Waals surface area contributed by atoms with E-state index in [1.54, 1.807) is 6.07 Å². The molecule has 1 N–H and O–H groups in total. The molecule has 0 saturated carbocycles. The summed E-state index contributed by atoms with van der Waals surface area (Å²) in [5.74, 6) is -0.994. The SMILES string of the molecule is COC(=O)c1cccc(C#N)c1O. The number of nitriles is 1. The van der Waals surface area contributed by atoms with Crippen LogP contribution in [0, 0.1) is 11.3 Å². The molecule has 0 aliphatic heterocycles. The van der Waals surface area contributed by atoms with E-state index in [1.165, 1.54) is 25.3 Å². The number of phenols is 1. The molecule has 0 heterocycles. The molecular weight excluding hydrogens is 170 g/mol. The Bertz CT molecular complexity index is 379. The fraction of sp³-hybridized carbons (Fsp3) is 0.111. The Morgan fingerprint density at radius 2 is 2.31 bits per heavy atom. The maximum Gasteiger partial charge on any atom is 0.341 e. The summed E-state index contributed by atoms with van der Waals surface area (Å²) in [7, 11) is 1.21. The summed E-state index contributed by atoms with van der Waals surface area (Å²) in [6.45, 7) is 0. The molecule has 0 fully saturated rings. The Balaban J connectivity index is 3.25. The number of esters is 1. The fourth-order valence-corrected chi connectivity index (χ4v) is 0.908. The van der Waals surface area contributed by atoms with Crippen LogP contribution in [0.2, 0.25) is 0 Å². The smallest absolute Gasteiger partial charge is 0.341 e. The van der Waals surface area contributed by atoms with Gasteiger partial charge in [0, 0.05) is 0 Å². The molecule has 1 aromatic rings. The average Bonchev–Trinajstić information content (AvgIpc) is 2.17. The van der Waals surface area contributed by atoms with Crippen molar-refractivity contribution in [3.8, 4) is 11.8 Å². The van der Waals surface area contributed by atoms with Crippen LogP contribution in [0.3, 0.4) is 0 Å². The van der Waals surface area contributed by atoms with Crippen LogP contribution < -0.4 is 0 Å². The summed E-state index contributed by atoms with van der Waals surface area (Å²) in [5, 5.41) is 17.9. The first kappa shape index (κ1) is 9.07. The van der Waals surface area contributed by atoms with Crippen molar-refractivity contribution in [3.05, 3.63) is 29.3 Å². The highest BCUT2D eigenvalue weighted by Gasteiger charge is 2.13. The summed E-state index contributed by atoms with van der Waals surface area (Å²) in [6.07, 6.45) is 0. The van der Waals surface area contributed by atoms with E-state index in [0.717, 1.165) is 0 Å². The third kappa shape index (κ3) is 1.59. The Morgan fingerprint density at radius 3 is 2.85 bits per heavy atom. The molecule has 0 aromatic heterocycles. The lowest BCUT2D eigenvalue weighted by Gasteiger charge is -2.02. The van der Waals surface area contributed by atoms with Crippen LogP contribution in [0.5, 0.6) is 5.75 Å². The van der Waals surface area contributed by atoms with Gasteiger partial charge in [-0.25, -0.2) is 4.79 Å². The van der Waals surface area contributed by atoms with Crippen molar-refractivity contribution in [2.24, 2.45) is 0 Å². The lowest BCUT2D eigenvalue weighted by Crippen LogP contribution is -2.01. The molecule has 0 saturated heterocycles. The summed E-state index contributed by atoms with van der Waals surface area (Å²) < 4.78 is 4.41. The largest absolute Gasteiger partial charge is 0.506 e. The van der Waals surface area contributed by atoms with E-state index in [0.29, 0.717) is 0 Å². The van der Waals surface area contributed by atoms with Gasteiger partial charge in [-0.2, -0.15) is 5.26 Å². The molecule has 66 valence electrons. The van der Waals surface area contributed by atoms with Crippen molar-refractivity contribution in [3.63, 3.8) is 0 Å². The van der Waals surface area contributed by atoms with Gasteiger partial charge in [0.05, 0.1) is 12.7 Å². The summed E-state index contributed by atoms with van der Waals surface area (Å²) in [5.41, 5.74) is 0.0597. The van der Waals surface area contributed by atoms with E-state index in [4.69, 9.17) is 5.26 Å². The normalized spacial score (nSPS) is 8.92. The van der Waals surface area contributed by atoms with E-state index in [-0.39, 0.29) is 16.9 Å². The first-order valence-electron chi connectivity index (χ1n) is 3.51. The van der Waals surface area contributed by atoms with Gasteiger partial charge in [0.1, 0.15) is 17.4 Å². The van der Waals surface area contributed by atoms with E-state index in [2.05, 4.69) is 4.74 Å². The number of para-hydroxylation sites is 1. The average molecular weight is 177 g/mol. The summed E-state index contributed by atoms with van der Waals surface area (Å²) in [4.78, 5) is 11.0. The molecular formula is C9H7NO3. The number of benzene rings is 1. The molecule has 0 aliphatic carbocycles. The topological polar surface area (TPSA) is 70.3 Å². The molecule has 0 unspecified atom stereocenters. The van der Waals surface area contributed by atoms with Crippen LogP contribution in [-0.4, -0.2) is 18.2 Å². The molecule has 0 amide bonds. The van der Waals surface area contributed by atoms with E-state index < -0.39 is 5.97 Å². The van der Waals surface area contributed by atoms with Gasteiger partial charge in [0.15, 0.2) is 0 Å². The zero-order chi connectivity index (χ0) is 9.84. The van der Waals surface area contributed by atoms with Crippen LogP contribution in [0.15, 0.2) is 18.2 Å². The summed E-state index contributed by atoms with van der Waals surface area (Å²) in [6, 6.07) is 6.07. The number of nitrogens with zero attached hydrogens (tertiary/aromatic N) is 1. The van der Waals surface area contributed by atoms with Crippen LogP contribution in [0.4, 0.5) is 0 Å². The number of carbonyl (C=O) groups is 1. The molecule has 4 nitrogen and oxygen atoms in total. The second-order valence-corrected chi connectivity index (χ2v) is 2.31. The Labute approximate surface area is 75.0 Å². The van der Waals surface area contributed by atoms with Gasteiger partial charge in [-0.05, 0) is 12.1 Å². The lowest BCUT2D eigenvalue weighted by molar-refractivity contribution is 0.0597. The molecule has 0 aliphatic rings. The molecule has 0 spiro atoms. The van der Waals surface area contributed by atoms with Crippen molar-refractivity contribution >= 4 is 5.97 Å². The highest BCUT2D eigenvalue weighted by atomic mass is 16.5. The minimum absolute atomic E-state index is 0.00144. The first-order chi connectivity index (χ1) is 6.20. The third-order valence-electron chi connectivity index (χ3n) is 1.56.